The zero-order valence-corrected chi connectivity index (χ0v) is 11.7. The van der Waals surface area contributed by atoms with Crippen LogP contribution in [0.2, 0.25) is 0 Å². The number of Topliss-reactive ketones (excluding diaryl/α,β-unsaturated/α-hetero) is 1. The Balaban J connectivity index is 1.80. The Morgan fingerprint density at radius 3 is 2.68 bits per heavy atom. The summed E-state index contributed by atoms with van der Waals surface area (Å²) in [5.74, 6) is 0.474. The van der Waals surface area contributed by atoms with Crippen molar-refractivity contribution in [3.05, 3.63) is 0 Å². The maximum absolute atomic E-state index is 12.1. The first-order valence-electron chi connectivity index (χ1n) is 7.35. The molecule has 2 aliphatic rings. The van der Waals surface area contributed by atoms with E-state index in [4.69, 9.17) is 4.74 Å². The van der Waals surface area contributed by atoms with E-state index in [1.165, 1.54) is 32.1 Å². The van der Waals surface area contributed by atoms with Crippen molar-refractivity contribution >= 4 is 11.7 Å². The number of hydrogen-bond acceptors (Lipinski definition) is 3. The fraction of sp³-hybridized carbons (Fsp3) is 0.857. The molecule has 0 spiro atoms. The van der Waals surface area contributed by atoms with Crippen LogP contribution in [-0.4, -0.2) is 36.5 Å². The van der Waals surface area contributed by atoms with Gasteiger partial charge in [-0.3, -0.25) is 9.59 Å². The highest BCUT2D eigenvalue weighted by molar-refractivity contribution is 5.92. The van der Waals surface area contributed by atoms with Crippen molar-refractivity contribution < 1.29 is 20.1 Å². The molecule has 1 saturated carbocycles. The van der Waals surface area contributed by atoms with Gasteiger partial charge in [0.2, 0.25) is 0 Å². The first-order chi connectivity index (χ1) is 9.08. The van der Waals surface area contributed by atoms with Crippen LogP contribution < -0.4 is 11.1 Å². The Hall–Kier alpha value is -0.940. The van der Waals surface area contributed by atoms with Crippen LogP contribution >= 0.6 is 0 Å². The molecule has 1 aliphatic heterocycles. The van der Waals surface area contributed by atoms with E-state index < -0.39 is 6.04 Å². The summed E-state index contributed by atoms with van der Waals surface area (Å²) in [5, 5.41) is 2.79. The summed E-state index contributed by atoms with van der Waals surface area (Å²) in [7, 11) is 0. The smallest absolute Gasteiger partial charge is 0.278 e. The Morgan fingerprint density at radius 1 is 1.42 bits per heavy atom. The predicted octanol–water partition coefficient (Wildman–Crippen LogP) is 0.0399. The molecule has 1 aliphatic carbocycles. The average molecular weight is 269 g/mol. The standard InChI is InChI=1S/C14H24N2O3/c1-9-13(12(17)8-19-9)16-14(18)11(15)7-10-5-3-2-4-6-10/h9-11,13H,2-8,15H2,1H3,(H,16,18)/p+1. The highest BCUT2D eigenvalue weighted by Crippen LogP contribution is 2.26. The molecule has 0 radical (unpaired) electrons. The van der Waals surface area contributed by atoms with Gasteiger partial charge in [-0.05, 0) is 12.8 Å². The summed E-state index contributed by atoms with van der Waals surface area (Å²) < 4.78 is 5.22. The van der Waals surface area contributed by atoms with Crippen LogP contribution in [0.15, 0.2) is 0 Å². The third-order valence-electron chi connectivity index (χ3n) is 4.32. The number of carbonyl (C=O) groups is 2. The molecule has 5 nitrogen and oxygen atoms in total. The quantitative estimate of drug-likeness (QED) is 0.756. The molecule has 3 atom stereocenters. The van der Waals surface area contributed by atoms with Crippen LogP contribution in [0.3, 0.4) is 0 Å². The molecule has 2 rings (SSSR count). The summed E-state index contributed by atoms with van der Waals surface area (Å²) in [4.78, 5) is 23.7. The molecule has 0 aromatic heterocycles. The van der Waals surface area contributed by atoms with Crippen LogP contribution in [0.4, 0.5) is 0 Å². The molecule has 3 unspecified atom stereocenters. The third-order valence-corrected chi connectivity index (χ3v) is 4.32. The molecule has 0 aromatic carbocycles. The van der Waals surface area contributed by atoms with Crippen molar-refractivity contribution in [2.24, 2.45) is 5.92 Å². The van der Waals surface area contributed by atoms with Crippen LogP contribution in [-0.2, 0) is 14.3 Å². The first kappa shape index (κ1) is 14.5. The molecular weight excluding hydrogens is 244 g/mol. The van der Waals surface area contributed by atoms with Crippen molar-refractivity contribution in [1.82, 2.24) is 5.32 Å². The maximum atomic E-state index is 12.1. The Morgan fingerprint density at radius 2 is 2.11 bits per heavy atom. The Labute approximate surface area is 114 Å². The van der Waals surface area contributed by atoms with Crippen molar-refractivity contribution in [1.29, 1.82) is 0 Å². The molecule has 5 heteroatoms. The van der Waals surface area contributed by atoms with Gasteiger partial charge in [-0.25, -0.2) is 0 Å². The van der Waals surface area contributed by atoms with Crippen molar-refractivity contribution in [3.63, 3.8) is 0 Å². The van der Waals surface area contributed by atoms with E-state index in [0.717, 1.165) is 6.42 Å². The highest BCUT2D eigenvalue weighted by Gasteiger charge is 2.35. The molecule has 0 bridgehead atoms. The number of quaternary nitrogens is 1. The number of nitrogens with one attached hydrogen (secondary N) is 1. The summed E-state index contributed by atoms with van der Waals surface area (Å²) in [6.45, 7) is 1.92. The van der Waals surface area contributed by atoms with Crippen molar-refractivity contribution in [2.75, 3.05) is 6.61 Å². The fourth-order valence-corrected chi connectivity index (χ4v) is 3.06. The van der Waals surface area contributed by atoms with E-state index in [0.29, 0.717) is 5.92 Å². The monoisotopic (exact) mass is 269 g/mol. The van der Waals surface area contributed by atoms with E-state index >= 15 is 0 Å². The summed E-state index contributed by atoms with van der Waals surface area (Å²) in [5.41, 5.74) is 3.96. The summed E-state index contributed by atoms with van der Waals surface area (Å²) >= 11 is 0. The van der Waals surface area contributed by atoms with Crippen molar-refractivity contribution in [3.8, 4) is 0 Å². The van der Waals surface area contributed by atoms with Gasteiger partial charge in [-0.2, -0.15) is 0 Å². The minimum Gasteiger partial charge on any atom is -0.368 e. The number of rotatable bonds is 4. The van der Waals surface area contributed by atoms with E-state index in [9.17, 15) is 9.59 Å². The molecule has 108 valence electrons. The third kappa shape index (κ3) is 3.76. The molecule has 1 amide bonds. The number of carbonyl (C=O) groups excluding carboxylic acids is 2. The largest absolute Gasteiger partial charge is 0.368 e. The van der Waals surface area contributed by atoms with Gasteiger partial charge in [-0.1, -0.05) is 32.1 Å². The summed E-state index contributed by atoms with van der Waals surface area (Å²) in [6.07, 6.45) is 6.88. The molecular formula is C14H25N2O3+. The predicted molar refractivity (Wildman–Crippen MR) is 70.2 cm³/mol. The number of amides is 1. The van der Waals surface area contributed by atoms with E-state index in [2.05, 4.69) is 11.1 Å². The van der Waals surface area contributed by atoms with Gasteiger partial charge < -0.3 is 15.8 Å². The van der Waals surface area contributed by atoms with Gasteiger partial charge in [0.15, 0.2) is 11.8 Å². The van der Waals surface area contributed by atoms with Crippen LogP contribution in [0.5, 0.6) is 0 Å². The number of ketones is 1. The molecule has 1 heterocycles. The lowest BCUT2D eigenvalue weighted by Crippen LogP contribution is -2.69. The lowest BCUT2D eigenvalue weighted by Gasteiger charge is -2.23. The normalized spacial score (nSPS) is 30.3. The topological polar surface area (TPSA) is 83.0 Å². The van der Waals surface area contributed by atoms with Crippen LogP contribution in [0.25, 0.3) is 0 Å². The molecule has 1 saturated heterocycles. The minimum atomic E-state index is -0.483. The summed E-state index contributed by atoms with van der Waals surface area (Å²) in [6, 6.07) is -0.744. The van der Waals surface area contributed by atoms with Gasteiger partial charge in [0.25, 0.3) is 5.91 Å². The zero-order valence-electron chi connectivity index (χ0n) is 11.7. The first-order valence-corrected chi connectivity index (χ1v) is 7.35. The Kier molecular flexibility index (Phi) is 4.93. The lowest BCUT2D eigenvalue weighted by molar-refractivity contribution is -0.407. The zero-order chi connectivity index (χ0) is 13.8. The van der Waals surface area contributed by atoms with E-state index in [1.54, 1.807) is 0 Å². The fourth-order valence-electron chi connectivity index (χ4n) is 3.06. The second kappa shape index (κ2) is 6.48. The maximum Gasteiger partial charge on any atom is 0.278 e. The second-order valence-electron chi connectivity index (χ2n) is 5.91. The van der Waals surface area contributed by atoms with Gasteiger partial charge in [0, 0.05) is 6.42 Å². The van der Waals surface area contributed by atoms with Crippen molar-refractivity contribution in [2.45, 2.75) is 63.6 Å². The molecule has 19 heavy (non-hydrogen) atoms. The van der Waals surface area contributed by atoms with Gasteiger partial charge in [-0.15, -0.1) is 0 Å². The minimum absolute atomic E-state index is 0.0364. The highest BCUT2D eigenvalue weighted by atomic mass is 16.5. The van der Waals surface area contributed by atoms with Gasteiger partial charge in [0.1, 0.15) is 12.6 Å². The van der Waals surface area contributed by atoms with Gasteiger partial charge in [0.05, 0.1) is 6.10 Å². The average Bonchev–Trinajstić information content (AvgIpc) is 2.71. The number of ether oxygens (including phenoxy) is 1. The lowest BCUT2D eigenvalue weighted by atomic mass is 9.85. The molecule has 2 fully saturated rings. The van der Waals surface area contributed by atoms with E-state index in [-0.39, 0.29) is 30.4 Å². The Bertz CT molecular complexity index is 340. The molecule has 4 N–H and O–H groups in total. The van der Waals surface area contributed by atoms with E-state index in [1.807, 2.05) is 6.92 Å². The van der Waals surface area contributed by atoms with Gasteiger partial charge >= 0.3 is 0 Å². The SMILES string of the molecule is CC1OCC(=O)C1NC(=O)C([NH3+])CC1CCCCC1. The van der Waals surface area contributed by atoms with Crippen LogP contribution in [0.1, 0.15) is 45.4 Å². The number of hydrogen-bond donors (Lipinski definition) is 2. The van der Waals surface area contributed by atoms with Crippen LogP contribution in [0, 0.1) is 5.92 Å². The second-order valence-corrected chi connectivity index (χ2v) is 5.91. The molecule has 0 aromatic rings.